The van der Waals surface area contributed by atoms with Gasteiger partial charge in [0.2, 0.25) is 5.76 Å². The SMILES string of the molecule is Cc1nc2sc3c(c2c(=O)n1Cc1ccc(C(=O)O)o1)CCC3. The maximum Gasteiger partial charge on any atom is 0.371 e. The van der Waals surface area contributed by atoms with Crippen LogP contribution in [0.3, 0.4) is 0 Å². The third kappa shape index (κ3) is 2.19. The molecule has 0 bridgehead atoms. The number of hydrogen-bond acceptors (Lipinski definition) is 5. The first-order valence-electron chi connectivity index (χ1n) is 7.38. The zero-order valence-electron chi connectivity index (χ0n) is 12.5. The summed E-state index contributed by atoms with van der Waals surface area (Å²) in [6.45, 7) is 1.97. The number of carboxylic acid groups (broad SMARTS) is 1. The Balaban J connectivity index is 1.83. The van der Waals surface area contributed by atoms with Crippen LogP contribution in [0, 0.1) is 6.92 Å². The van der Waals surface area contributed by atoms with Gasteiger partial charge in [0.1, 0.15) is 16.4 Å². The largest absolute Gasteiger partial charge is 0.475 e. The van der Waals surface area contributed by atoms with Crippen LogP contribution in [0.2, 0.25) is 0 Å². The number of hydrogen-bond donors (Lipinski definition) is 1. The normalized spacial score (nSPS) is 13.6. The second-order valence-corrected chi connectivity index (χ2v) is 6.74. The monoisotopic (exact) mass is 330 g/mol. The fourth-order valence-corrected chi connectivity index (χ4v) is 4.40. The molecule has 7 heteroatoms. The van der Waals surface area contributed by atoms with Crippen molar-refractivity contribution >= 4 is 27.5 Å². The Bertz CT molecular complexity index is 996. The summed E-state index contributed by atoms with van der Waals surface area (Å²) >= 11 is 1.61. The summed E-state index contributed by atoms with van der Waals surface area (Å²) in [5.41, 5.74) is 1.07. The van der Waals surface area contributed by atoms with Gasteiger partial charge in [0.05, 0.1) is 11.9 Å². The van der Waals surface area contributed by atoms with Gasteiger partial charge in [-0.1, -0.05) is 0 Å². The second kappa shape index (κ2) is 5.06. The molecule has 6 nitrogen and oxygen atoms in total. The van der Waals surface area contributed by atoms with Gasteiger partial charge in [0, 0.05) is 4.88 Å². The first-order valence-corrected chi connectivity index (χ1v) is 8.20. The number of carbonyl (C=O) groups is 1. The van der Waals surface area contributed by atoms with Crippen molar-refractivity contribution in [3.8, 4) is 0 Å². The molecule has 0 saturated carbocycles. The van der Waals surface area contributed by atoms with Gasteiger partial charge >= 0.3 is 5.97 Å². The Morgan fingerprint density at radius 3 is 3.00 bits per heavy atom. The summed E-state index contributed by atoms with van der Waals surface area (Å²) < 4.78 is 6.81. The number of fused-ring (bicyclic) bond motifs is 3. The van der Waals surface area contributed by atoms with Gasteiger partial charge in [-0.2, -0.15) is 0 Å². The molecule has 1 aliphatic rings. The lowest BCUT2D eigenvalue weighted by atomic mass is 10.2. The number of carboxylic acids is 1. The number of thiophene rings is 1. The van der Waals surface area contributed by atoms with E-state index in [1.807, 2.05) is 0 Å². The minimum absolute atomic E-state index is 0.0693. The van der Waals surface area contributed by atoms with Gasteiger partial charge in [-0.15, -0.1) is 11.3 Å². The van der Waals surface area contributed by atoms with Crippen molar-refractivity contribution in [3.63, 3.8) is 0 Å². The van der Waals surface area contributed by atoms with E-state index in [2.05, 4.69) is 4.98 Å². The molecule has 3 heterocycles. The predicted octanol–water partition coefficient (Wildman–Crippen LogP) is 2.59. The molecular formula is C16H14N2O4S. The second-order valence-electron chi connectivity index (χ2n) is 5.66. The Hall–Kier alpha value is -2.41. The highest BCUT2D eigenvalue weighted by atomic mass is 32.1. The van der Waals surface area contributed by atoms with Crippen LogP contribution in [0.5, 0.6) is 0 Å². The molecule has 4 rings (SSSR count). The lowest BCUT2D eigenvalue weighted by Crippen LogP contribution is -2.24. The van der Waals surface area contributed by atoms with Crippen molar-refractivity contribution < 1.29 is 14.3 Å². The van der Waals surface area contributed by atoms with Gasteiger partial charge < -0.3 is 9.52 Å². The molecule has 0 aromatic carbocycles. The summed E-state index contributed by atoms with van der Waals surface area (Å²) in [6, 6.07) is 2.98. The summed E-state index contributed by atoms with van der Waals surface area (Å²) in [5.74, 6) is -0.211. The molecule has 0 aliphatic heterocycles. The highest BCUT2D eigenvalue weighted by Crippen LogP contribution is 2.34. The maximum atomic E-state index is 12.9. The number of aromatic carboxylic acids is 1. The third-order valence-electron chi connectivity index (χ3n) is 4.20. The van der Waals surface area contributed by atoms with Crippen molar-refractivity contribution in [1.29, 1.82) is 0 Å². The number of nitrogens with zero attached hydrogens (tertiary/aromatic N) is 2. The number of aromatic nitrogens is 2. The first kappa shape index (κ1) is 14.2. The standard InChI is InChI=1S/C16H14N2O4S/c1-8-17-14-13(10-3-2-4-12(10)23-14)15(19)18(8)7-9-5-6-11(22-9)16(20)21/h5-6H,2-4,7H2,1H3,(H,20,21). The van der Waals surface area contributed by atoms with Crippen LogP contribution in [0.15, 0.2) is 21.3 Å². The average Bonchev–Trinajstić information content (AvgIpc) is 3.17. The van der Waals surface area contributed by atoms with Crippen molar-refractivity contribution in [1.82, 2.24) is 9.55 Å². The summed E-state index contributed by atoms with van der Waals surface area (Å²) in [4.78, 5) is 30.4. The molecule has 0 amide bonds. The summed E-state index contributed by atoms with van der Waals surface area (Å²) in [6.07, 6.45) is 3.04. The molecule has 118 valence electrons. The van der Waals surface area contributed by atoms with Gasteiger partial charge in [-0.3, -0.25) is 9.36 Å². The van der Waals surface area contributed by atoms with Gasteiger partial charge in [0.15, 0.2) is 0 Å². The van der Waals surface area contributed by atoms with Gasteiger partial charge in [-0.05, 0) is 43.9 Å². The molecule has 1 N–H and O–H groups in total. The molecule has 0 unspecified atom stereocenters. The van der Waals surface area contributed by atoms with E-state index in [0.717, 1.165) is 35.0 Å². The molecule has 0 radical (unpaired) electrons. The van der Waals surface area contributed by atoms with Crippen LogP contribution in [0.4, 0.5) is 0 Å². The van der Waals surface area contributed by atoms with E-state index in [4.69, 9.17) is 9.52 Å². The van der Waals surface area contributed by atoms with E-state index in [9.17, 15) is 9.59 Å². The Kier molecular flexibility index (Phi) is 3.12. The molecular weight excluding hydrogens is 316 g/mol. The van der Waals surface area contributed by atoms with E-state index >= 15 is 0 Å². The van der Waals surface area contributed by atoms with Crippen LogP contribution < -0.4 is 5.56 Å². The van der Waals surface area contributed by atoms with E-state index in [0.29, 0.717) is 11.6 Å². The minimum Gasteiger partial charge on any atom is -0.475 e. The van der Waals surface area contributed by atoms with Gasteiger partial charge in [-0.25, -0.2) is 9.78 Å². The van der Waals surface area contributed by atoms with Crippen LogP contribution in [0.1, 0.15) is 39.0 Å². The smallest absolute Gasteiger partial charge is 0.371 e. The average molecular weight is 330 g/mol. The molecule has 23 heavy (non-hydrogen) atoms. The van der Waals surface area contributed by atoms with Crippen LogP contribution in [-0.2, 0) is 19.4 Å². The number of rotatable bonds is 3. The van der Waals surface area contributed by atoms with E-state index in [1.165, 1.54) is 10.9 Å². The highest BCUT2D eigenvalue weighted by molar-refractivity contribution is 7.18. The lowest BCUT2D eigenvalue weighted by Gasteiger charge is -2.08. The molecule has 0 spiro atoms. The Morgan fingerprint density at radius 2 is 2.26 bits per heavy atom. The van der Waals surface area contributed by atoms with E-state index in [1.54, 1.807) is 28.9 Å². The fraction of sp³-hybridized carbons (Fsp3) is 0.312. The van der Waals surface area contributed by atoms with Crippen molar-refractivity contribution in [2.24, 2.45) is 0 Å². The van der Waals surface area contributed by atoms with Crippen molar-refractivity contribution in [3.05, 3.63) is 50.3 Å². The minimum atomic E-state index is -1.12. The van der Waals surface area contributed by atoms with Crippen molar-refractivity contribution in [2.45, 2.75) is 32.7 Å². The van der Waals surface area contributed by atoms with Crippen molar-refractivity contribution in [2.75, 3.05) is 0 Å². The van der Waals surface area contributed by atoms with Crippen LogP contribution >= 0.6 is 11.3 Å². The summed E-state index contributed by atoms with van der Waals surface area (Å²) in [5, 5.41) is 9.64. The molecule has 1 aliphatic carbocycles. The highest BCUT2D eigenvalue weighted by Gasteiger charge is 2.22. The maximum absolute atomic E-state index is 12.9. The lowest BCUT2D eigenvalue weighted by molar-refractivity contribution is 0.0660. The molecule has 3 aromatic rings. The van der Waals surface area contributed by atoms with E-state index < -0.39 is 5.97 Å². The molecule has 0 atom stereocenters. The Labute approximate surface area is 135 Å². The Morgan fingerprint density at radius 1 is 1.43 bits per heavy atom. The molecule has 0 saturated heterocycles. The number of aryl methyl sites for hydroxylation is 3. The predicted molar refractivity (Wildman–Crippen MR) is 85.4 cm³/mol. The van der Waals surface area contributed by atoms with Gasteiger partial charge in [0.25, 0.3) is 5.56 Å². The zero-order valence-corrected chi connectivity index (χ0v) is 13.3. The first-order chi connectivity index (χ1) is 11.0. The van der Waals surface area contributed by atoms with Crippen LogP contribution in [0.25, 0.3) is 10.2 Å². The van der Waals surface area contributed by atoms with E-state index in [-0.39, 0.29) is 17.9 Å². The summed E-state index contributed by atoms with van der Waals surface area (Å²) in [7, 11) is 0. The molecule has 0 fully saturated rings. The molecule has 3 aromatic heterocycles. The quantitative estimate of drug-likeness (QED) is 0.798. The van der Waals surface area contributed by atoms with Crippen LogP contribution in [-0.4, -0.2) is 20.6 Å². The number of furan rings is 1. The topological polar surface area (TPSA) is 85.3 Å². The fourth-order valence-electron chi connectivity index (χ4n) is 3.10. The third-order valence-corrected chi connectivity index (χ3v) is 5.39. The zero-order chi connectivity index (χ0) is 16.1.